The van der Waals surface area contributed by atoms with Gasteiger partial charge in [-0.2, -0.15) is 0 Å². The SMILES string of the molecule is CN(C)C(=O)c1cccc(C(=O)N2CCC3(C)c4cccc(O)c4C[C@@H]2C3(C)C)c1. The average molecular weight is 407 g/mol. The molecule has 2 atom stereocenters. The first kappa shape index (κ1) is 20.5. The minimum Gasteiger partial charge on any atom is -0.508 e. The molecule has 4 rings (SSSR count). The van der Waals surface area contributed by atoms with Gasteiger partial charge in [0.1, 0.15) is 5.75 Å². The highest BCUT2D eigenvalue weighted by Gasteiger charge is 2.57. The number of likely N-dealkylation sites (tertiary alicyclic amines) is 1. The van der Waals surface area contributed by atoms with Gasteiger partial charge in [-0.15, -0.1) is 0 Å². The summed E-state index contributed by atoms with van der Waals surface area (Å²) in [4.78, 5) is 29.4. The summed E-state index contributed by atoms with van der Waals surface area (Å²) in [6, 6.07) is 12.7. The predicted molar refractivity (Wildman–Crippen MR) is 117 cm³/mol. The van der Waals surface area contributed by atoms with Crippen LogP contribution in [0.25, 0.3) is 0 Å². The number of hydrogen-bond acceptors (Lipinski definition) is 3. The molecule has 2 bridgehead atoms. The molecule has 2 aromatic carbocycles. The van der Waals surface area contributed by atoms with Crippen LogP contribution in [-0.4, -0.2) is 53.4 Å². The number of phenolic OH excluding ortho intramolecular Hbond substituents is 1. The predicted octanol–water partition coefficient (Wildman–Crippen LogP) is 3.85. The van der Waals surface area contributed by atoms with Crippen LogP contribution in [-0.2, 0) is 11.8 Å². The van der Waals surface area contributed by atoms with Crippen molar-refractivity contribution in [3.8, 4) is 5.75 Å². The number of carbonyl (C=O) groups excluding carboxylic acids is 2. The Bertz CT molecular complexity index is 1030. The fourth-order valence-electron chi connectivity index (χ4n) is 5.38. The molecule has 1 aliphatic heterocycles. The van der Waals surface area contributed by atoms with Crippen LogP contribution < -0.4 is 0 Å². The molecule has 158 valence electrons. The minimum absolute atomic E-state index is 0.0299. The van der Waals surface area contributed by atoms with Crippen LogP contribution in [0.3, 0.4) is 0 Å². The zero-order valence-electron chi connectivity index (χ0n) is 18.4. The number of amides is 2. The number of phenols is 1. The minimum atomic E-state index is -0.154. The van der Waals surface area contributed by atoms with Crippen molar-refractivity contribution in [3.05, 3.63) is 64.7 Å². The van der Waals surface area contributed by atoms with Gasteiger partial charge < -0.3 is 14.9 Å². The molecule has 0 radical (unpaired) electrons. The van der Waals surface area contributed by atoms with Crippen molar-refractivity contribution in [2.24, 2.45) is 5.41 Å². The Hall–Kier alpha value is -2.82. The molecule has 1 unspecified atom stereocenters. The van der Waals surface area contributed by atoms with Crippen molar-refractivity contribution in [2.75, 3.05) is 20.6 Å². The Morgan fingerprint density at radius 2 is 1.73 bits per heavy atom. The van der Waals surface area contributed by atoms with Gasteiger partial charge >= 0.3 is 0 Å². The van der Waals surface area contributed by atoms with E-state index in [4.69, 9.17) is 0 Å². The number of hydrogen-bond donors (Lipinski definition) is 1. The molecule has 1 N–H and O–H groups in total. The molecule has 0 saturated carbocycles. The topological polar surface area (TPSA) is 60.9 Å². The molecule has 30 heavy (non-hydrogen) atoms. The van der Waals surface area contributed by atoms with Gasteiger partial charge in [0.25, 0.3) is 11.8 Å². The van der Waals surface area contributed by atoms with Gasteiger partial charge in [0.2, 0.25) is 0 Å². The Kier molecular flexibility index (Phi) is 4.68. The third-order valence-corrected chi connectivity index (χ3v) is 7.65. The smallest absolute Gasteiger partial charge is 0.254 e. The second-order valence-corrected chi connectivity index (χ2v) is 9.61. The molecule has 2 aliphatic rings. The standard InChI is InChI=1S/C25H30N2O3/c1-24(2)21-15-18-19(10-7-11-20(18)28)25(24,3)12-13-27(21)23(30)17-9-6-8-16(14-17)22(29)26(4)5/h6-11,14,21,28H,12-13,15H2,1-5H3/t21-,25?/m1/s1. The largest absolute Gasteiger partial charge is 0.508 e. The van der Waals surface area contributed by atoms with E-state index in [9.17, 15) is 14.7 Å². The summed E-state index contributed by atoms with van der Waals surface area (Å²) >= 11 is 0. The first-order chi connectivity index (χ1) is 14.1. The van der Waals surface area contributed by atoms with Crippen molar-refractivity contribution >= 4 is 11.8 Å². The van der Waals surface area contributed by atoms with Crippen molar-refractivity contribution in [1.82, 2.24) is 9.80 Å². The van der Waals surface area contributed by atoms with E-state index < -0.39 is 0 Å². The molecule has 1 aliphatic carbocycles. The summed E-state index contributed by atoms with van der Waals surface area (Å²) in [6.07, 6.45) is 1.46. The number of nitrogens with zero attached hydrogens (tertiary/aromatic N) is 2. The van der Waals surface area contributed by atoms with E-state index in [2.05, 4.69) is 26.8 Å². The van der Waals surface area contributed by atoms with Gasteiger partial charge in [0.05, 0.1) is 0 Å². The summed E-state index contributed by atoms with van der Waals surface area (Å²) < 4.78 is 0. The van der Waals surface area contributed by atoms with Gasteiger partial charge in [-0.05, 0) is 53.6 Å². The number of piperidine rings is 1. The van der Waals surface area contributed by atoms with Crippen LogP contribution in [0.4, 0.5) is 0 Å². The number of carbonyl (C=O) groups is 2. The Morgan fingerprint density at radius 3 is 2.43 bits per heavy atom. The number of benzene rings is 2. The van der Waals surface area contributed by atoms with Gasteiger partial charge in [0.15, 0.2) is 0 Å². The lowest BCUT2D eigenvalue weighted by atomic mass is 9.51. The Balaban J connectivity index is 1.73. The highest BCUT2D eigenvalue weighted by molar-refractivity contribution is 5.99. The first-order valence-corrected chi connectivity index (χ1v) is 10.5. The number of aromatic hydroxyl groups is 1. The van der Waals surface area contributed by atoms with E-state index in [1.807, 2.05) is 11.0 Å². The van der Waals surface area contributed by atoms with Crippen molar-refractivity contribution in [2.45, 2.75) is 45.1 Å². The Morgan fingerprint density at radius 1 is 1.07 bits per heavy atom. The second-order valence-electron chi connectivity index (χ2n) is 9.61. The molecule has 1 fully saturated rings. The lowest BCUT2D eigenvalue weighted by Gasteiger charge is -2.60. The summed E-state index contributed by atoms with van der Waals surface area (Å²) in [5, 5.41) is 10.5. The highest BCUT2D eigenvalue weighted by atomic mass is 16.3. The van der Waals surface area contributed by atoms with Crippen LogP contribution >= 0.6 is 0 Å². The van der Waals surface area contributed by atoms with Crippen LogP contribution in [0.15, 0.2) is 42.5 Å². The number of fused-ring (bicyclic) bond motifs is 4. The quantitative estimate of drug-likeness (QED) is 0.824. The molecule has 5 nitrogen and oxygen atoms in total. The summed E-state index contributed by atoms with van der Waals surface area (Å²) in [5.41, 5.74) is 2.93. The van der Waals surface area contributed by atoms with E-state index in [1.165, 1.54) is 10.5 Å². The Labute approximate surface area is 178 Å². The van der Waals surface area contributed by atoms with E-state index in [0.29, 0.717) is 29.8 Å². The summed E-state index contributed by atoms with van der Waals surface area (Å²) in [5.74, 6) is 0.141. The molecular formula is C25H30N2O3. The van der Waals surface area contributed by atoms with Crippen molar-refractivity contribution in [3.63, 3.8) is 0 Å². The molecular weight excluding hydrogens is 376 g/mol. The lowest BCUT2D eigenvalue weighted by Crippen LogP contribution is -2.64. The maximum absolute atomic E-state index is 13.6. The summed E-state index contributed by atoms with van der Waals surface area (Å²) in [7, 11) is 3.41. The lowest BCUT2D eigenvalue weighted by molar-refractivity contribution is -0.0266. The van der Waals surface area contributed by atoms with Gasteiger partial charge in [0, 0.05) is 43.2 Å². The number of rotatable bonds is 2. The van der Waals surface area contributed by atoms with Crippen LogP contribution in [0.5, 0.6) is 5.75 Å². The first-order valence-electron chi connectivity index (χ1n) is 10.5. The normalized spacial score (nSPS) is 24.2. The van der Waals surface area contributed by atoms with E-state index in [0.717, 1.165) is 12.0 Å². The fourth-order valence-corrected chi connectivity index (χ4v) is 5.38. The molecule has 2 amide bonds. The van der Waals surface area contributed by atoms with Crippen LogP contribution in [0.2, 0.25) is 0 Å². The summed E-state index contributed by atoms with van der Waals surface area (Å²) in [6.45, 7) is 7.38. The molecule has 0 spiro atoms. The molecule has 0 aromatic heterocycles. The fraction of sp³-hybridized carbons (Fsp3) is 0.440. The maximum atomic E-state index is 13.6. The third kappa shape index (κ3) is 2.83. The van der Waals surface area contributed by atoms with Crippen molar-refractivity contribution in [1.29, 1.82) is 0 Å². The molecule has 2 aromatic rings. The maximum Gasteiger partial charge on any atom is 0.254 e. The third-order valence-electron chi connectivity index (χ3n) is 7.65. The van der Waals surface area contributed by atoms with Gasteiger partial charge in [-0.3, -0.25) is 9.59 Å². The van der Waals surface area contributed by atoms with Gasteiger partial charge in [-0.25, -0.2) is 0 Å². The zero-order chi connectivity index (χ0) is 21.8. The van der Waals surface area contributed by atoms with E-state index >= 15 is 0 Å². The highest BCUT2D eigenvalue weighted by Crippen LogP contribution is 2.57. The molecule has 1 saturated heterocycles. The van der Waals surface area contributed by atoms with E-state index in [-0.39, 0.29) is 28.7 Å². The van der Waals surface area contributed by atoms with Crippen LogP contribution in [0.1, 0.15) is 59.0 Å². The van der Waals surface area contributed by atoms with Crippen LogP contribution in [0, 0.1) is 5.41 Å². The monoisotopic (exact) mass is 406 g/mol. The van der Waals surface area contributed by atoms with Gasteiger partial charge in [-0.1, -0.05) is 39.0 Å². The van der Waals surface area contributed by atoms with E-state index in [1.54, 1.807) is 44.4 Å². The second kappa shape index (κ2) is 6.86. The average Bonchev–Trinajstić information content (AvgIpc) is 2.70. The zero-order valence-corrected chi connectivity index (χ0v) is 18.4. The van der Waals surface area contributed by atoms with Crippen molar-refractivity contribution < 1.29 is 14.7 Å². The molecule has 1 heterocycles. The molecule has 5 heteroatoms.